The summed E-state index contributed by atoms with van der Waals surface area (Å²) in [5.74, 6) is -0.0843. The number of rotatable bonds is 8. The Labute approximate surface area is 168 Å². The van der Waals surface area contributed by atoms with Gasteiger partial charge in [0.2, 0.25) is 0 Å². The van der Waals surface area contributed by atoms with E-state index in [0.717, 1.165) is 42.7 Å². The fourth-order valence-corrected chi connectivity index (χ4v) is 4.06. The molecular formula is C22H34N2O2S. The molecule has 2 aliphatic rings. The Hall–Kier alpha value is -1.59. The summed E-state index contributed by atoms with van der Waals surface area (Å²) in [6.45, 7) is 10.0. The molecule has 0 aromatic rings. The van der Waals surface area contributed by atoms with Crippen LogP contribution >= 0.6 is 11.8 Å². The van der Waals surface area contributed by atoms with Crippen LogP contribution in [0.15, 0.2) is 51.8 Å². The number of hydrogen-bond acceptors (Lipinski definition) is 4. The number of amides is 1. The molecule has 0 spiro atoms. The second-order valence-electron chi connectivity index (χ2n) is 6.55. The molecule has 1 aliphatic carbocycles. The van der Waals surface area contributed by atoms with Gasteiger partial charge in [0.15, 0.2) is 0 Å². The van der Waals surface area contributed by atoms with E-state index in [-0.39, 0.29) is 12.5 Å². The first kappa shape index (κ1) is 23.4. The zero-order valence-corrected chi connectivity index (χ0v) is 17.8. The third-order valence-corrected chi connectivity index (χ3v) is 5.78. The fraction of sp³-hybridized carbons (Fsp3) is 0.545. The lowest BCUT2D eigenvalue weighted by Crippen LogP contribution is -2.53. The van der Waals surface area contributed by atoms with Crippen LogP contribution in [0, 0.1) is 0 Å². The van der Waals surface area contributed by atoms with Crippen molar-refractivity contribution in [1.29, 1.82) is 0 Å². The van der Waals surface area contributed by atoms with Crippen LogP contribution in [0.2, 0.25) is 0 Å². The Morgan fingerprint density at radius 3 is 2.63 bits per heavy atom. The summed E-state index contributed by atoms with van der Waals surface area (Å²) >= 11 is 1.54. The highest BCUT2D eigenvalue weighted by Gasteiger charge is 2.34. The van der Waals surface area contributed by atoms with Crippen molar-refractivity contribution in [3.05, 3.63) is 46.8 Å². The van der Waals surface area contributed by atoms with Gasteiger partial charge in [0.25, 0.3) is 5.91 Å². The summed E-state index contributed by atoms with van der Waals surface area (Å²) in [7, 11) is 0. The zero-order valence-electron chi connectivity index (χ0n) is 17.0. The molecule has 2 N–H and O–H groups in total. The highest BCUT2D eigenvalue weighted by molar-refractivity contribution is 8.06. The van der Waals surface area contributed by atoms with Crippen molar-refractivity contribution < 1.29 is 9.90 Å². The van der Waals surface area contributed by atoms with Crippen LogP contribution < -0.4 is 5.32 Å². The van der Waals surface area contributed by atoms with E-state index in [1.165, 1.54) is 6.42 Å². The minimum Gasteiger partial charge on any atom is -0.394 e. The zero-order chi connectivity index (χ0) is 20.1. The maximum absolute atomic E-state index is 12.8. The van der Waals surface area contributed by atoms with Crippen LogP contribution in [0.5, 0.6) is 0 Å². The first-order valence-corrected chi connectivity index (χ1v) is 10.8. The van der Waals surface area contributed by atoms with Crippen LogP contribution in [0.25, 0.3) is 0 Å². The summed E-state index contributed by atoms with van der Waals surface area (Å²) in [6, 6.07) is 0. The molecule has 27 heavy (non-hydrogen) atoms. The van der Waals surface area contributed by atoms with E-state index in [0.29, 0.717) is 12.1 Å². The average molecular weight is 391 g/mol. The van der Waals surface area contributed by atoms with Crippen molar-refractivity contribution in [2.75, 3.05) is 13.2 Å². The lowest BCUT2D eigenvalue weighted by molar-refractivity contribution is -0.120. The first-order chi connectivity index (χ1) is 13.1. The molecule has 5 heteroatoms. The van der Waals surface area contributed by atoms with E-state index in [2.05, 4.69) is 23.0 Å². The smallest absolute Gasteiger partial charge is 0.250 e. The number of aliphatic hydroxyl groups excluding tert-OH is 1. The molecular weight excluding hydrogens is 356 g/mol. The molecule has 0 aromatic carbocycles. The number of aliphatic imine (C=N–C) groups is 1. The van der Waals surface area contributed by atoms with Crippen molar-refractivity contribution in [3.8, 4) is 0 Å². The predicted molar refractivity (Wildman–Crippen MR) is 118 cm³/mol. The Morgan fingerprint density at radius 2 is 2.00 bits per heavy atom. The first-order valence-electron chi connectivity index (χ1n) is 9.89. The fourth-order valence-electron chi connectivity index (χ4n) is 3.18. The molecule has 0 atom stereocenters. The standard InChI is InChI=1S/C20H28N2O2S.C2H6/c1-3-4-5-6-10-13-25-18-16(2)21-14-17(18)19(24)22-20(15-23)11-8-7-9-12-20;1-2/h3-5,10,13,23H,1,6-9,11-12,14-15H2,2H3,(H,22,24);1-2H3/b5-4?,13-10+;. The molecule has 1 amide bonds. The van der Waals surface area contributed by atoms with Crippen molar-refractivity contribution in [3.63, 3.8) is 0 Å². The van der Waals surface area contributed by atoms with E-state index in [1.807, 2.05) is 38.3 Å². The van der Waals surface area contributed by atoms with Gasteiger partial charge in [0, 0.05) is 10.6 Å². The lowest BCUT2D eigenvalue weighted by Gasteiger charge is -2.36. The monoisotopic (exact) mass is 390 g/mol. The van der Waals surface area contributed by atoms with Crippen molar-refractivity contribution in [2.24, 2.45) is 4.99 Å². The number of nitrogens with one attached hydrogen (secondary N) is 1. The molecule has 1 heterocycles. The molecule has 0 radical (unpaired) electrons. The third-order valence-electron chi connectivity index (χ3n) is 4.67. The number of thioether (sulfide) groups is 1. The highest BCUT2D eigenvalue weighted by atomic mass is 32.2. The topological polar surface area (TPSA) is 61.7 Å². The molecule has 0 bridgehead atoms. The second kappa shape index (κ2) is 12.7. The lowest BCUT2D eigenvalue weighted by atomic mass is 9.82. The quantitative estimate of drug-likeness (QED) is 0.578. The normalized spacial score (nSPS) is 19.0. The third kappa shape index (κ3) is 7.15. The SMILES string of the molecule is C=CC=CC/C=C/SC1=C(C(=O)NC2(CO)CCCCC2)CN=C1C.CC. The Kier molecular flexibility index (Phi) is 11.1. The van der Waals surface area contributed by atoms with Gasteiger partial charge in [-0.05, 0) is 31.6 Å². The van der Waals surface area contributed by atoms with Crippen LogP contribution in [0.1, 0.15) is 59.3 Å². The van der Waals surface area contributed by atoms with Gasteiger partial charge in [0.1, 0.15) is 0 Å². The van der Waals surface area contributed by atoms with E-state index in [4.69, 9.17) is 0 Å². The average Bonchev–Trinajstić information content (AvgIpc) is 3.07. The van der Waals surface area contributed by atoms with Gasteiger partial charge in [-0.2, -0.15) is 0 Å². The molecule has 2 rings (SSSR count). The van der Waals surface area contributed by atoms with Crippen LogP contribution in [-0.2, 0) is 4.79 Å². The van der Waals surface area contributed by atoms with Crippen LogP contribution in [0.3, 0.4) is 0 Å². The van der Waals surface area contributed by atoms with E-state index in [9.17, 15) is 9.90 Å². The highest BCUT2D eigenvalue weighted by Crippen LogP contribution is 2.31. The number of carbonyl (C=O) groups is 1. The Bertz CT molecular complexity index is 612. The molecule has 0 unspecified atom stereocenters. The molecule has 1 fully saturated rings. The predicted octanol–water partition coefficient (Wildman–Crippen LogP) is 4.93. The number of aliphatic hydroxyl groups is 1. The number of hydrogen-bond donors (Lipinski definition) is 2. The van der Waals surface area contributed by atoms with Gasteiger partial charge in [-0.25, -0.2) is 0 Å². The summed E-state index contributed by atoms with van der Waals surface area (Å²) < 4.78 is 0. The Morgan fingerprint density at radius 1 is 1.30 bits per heavy atom. The molecule has 1 aliphatic heterocycles. The van der Waals surface area contributed by atoms with Crippen LogP contribution in [-0.4, -0.2) is 35.4 Å². The van der Waals surface area contributed by atoms with Crippen molar-refractivity contribution in [1.82, 2.24) is 5.32 Å². The van der Waals surface area contributed by atoms with E-state index < -0.39 is 5.54 Å². The minimum absolute atomic E-state index is 0.00385. The van der Waals surface area contributed by atoms with Gasteiger partial charge in [-0.15, -0.1) is 0 Å². The minimum atomic E-state index is -0.458. The molecule has 150 valence electrons. The molecule has 0 aromatic heterocycles. The number of carbonyl (C=O) groups excluding carboxylic acids is 1. The van der Waals surface area contributed by atoms with Gasteiger partial charge >= 0.3 is 0 Å². The van der Waals surface area contributed by atoms with Crippen molar-refractivity contribution in [2.45, 2.75) is 64.8 Å². The number of nitrogens with zero attached hydrogens (tertiary/aromatic N) is 1. The maximum atomic E-state index is 12.8. The summed E-state index contributed by atoms with van der Waals surface area (Å²) in [6.07, 6.45) is 13.5. The molecule has 4 nitrogen and oxygen atoms in total. The maximum Gasteiger partial charge on any atom is 0.250 e. The van der Waals surface area contributed by atoms with Crippen molar-refractivity contribution >= 4 is 23.4 Å². The molecule has 1 saturated carbocycles. The summed E-state index contributed by atoms with van der Waals surface area (Å²) in [4.78, 5) is 18.2. The second-order valence-corrected chi connectivity index (χ2v) is 7.47. The van der Waals surface area contributed by atoms with Gasteiger partial charge in [-0.3, -0.25) is 9.79 Å². The summed E-state index contributed by atoms with van der Waals surface area (Å²) in [5.41, 5.74) is 1.16. The summed E-state index contributed by atoms with van der Waals surface area (Å²) in [5, 5.41) is 14.9. The van der Waals surface area contributed by atoms with E-state index in [1.54, 1.807) is 17.8 Å². The van der Waals surface area contributed by atoms with E-state index >= 15 is 0 Å². The molecule has 0 saturated heterocycles. The van der Waals surface area contributed by atoms with Gasteiger partial charge < -0.3 is 10.4 Å². The van der Waals surface area contributed by atoms with Crippen LogP contribution in [0.4, 0.5) is 0 Å². The Balaban J connectivity index is 0.00000176. The number of allylic oxidation sites excluding steroid dienone is 5. The van der Waals surface area contributed by atoms with Gasteiger partial charge in [-0.1, -0.05) is 75.8 Å². The van der Waals surface area contributed by atoms with Gasteiger partial charge in [0.05, 0.1) is 24.3 Å². The largest absolute Gasteiger partial charge is 0.394 e.